The maximum absolute atomic E-state index is 9.65. The van der Waals surface area contributed by atoms with Crippen molar-refractivity contribution >= 4 is 5.95 Å². The zero-order chi connectivity index (χ0) is 21.0. The van der Waals surface area contributed by atoms with Crippen molar-refractivity contribution in [2.45, 2.75) is 18.8 Å². The molecule has 8 nitrogen and oxygen atoms in total. The summed E-state index contributed by atoms with van der Waals surface area (Å²) < 4.78 is 5.39. The summed E-state index contributed by atoms with van der Waals surface area (Å²) in [6.07, 6.45) is 7.52. The molecule has 0 unspecified atom stereocenters. The molecule has 2 N–H and O–H groups in total. The number of nitriles is 1. The second-order valence-electron chi connectivity index (χ2n) is 7.95. The van der Waals surface area contributed by atoms with Gasteiger partial charge in [-0.15, -0.1) is 0 Å². The fourth-order valence-electron chi connectivity index (χ4n) is 4.29. The van der Waals surface area contributed by atoms with Crippen molar-refractivity contribution in [3.8, 4) is 28.6 Å². The Morgan fingerprint density at radius 1 is 1.03 bits per heavy atom. The van der Waals surface area contributed by atoms with Crippen molar-refractivity contribution in [2.24, 2.45) is 0 Å². The molecule has 0 aliphatic carbocycles. The Bertz CT molecular complexity index is 1070. The number of nitrogens with zero attached hydrogens (tertiary/aromatic N) is 5. The SMILES string of the molecule is N#Cc1cc(-c2ccnc(-c3cnc(N4CCOCC4)nc3)c2)[nH]c1C1CCNCC1. The molecule has 2 saturated heterocycles. The van der Waals surface area contributed by atoms with Crippen LogP contribution in [0.1, 0.15) is 30.0 Å². The number of piperidine rings is 1. The first-order valence-electron chi connectivity index (χ1n) is 10.8. The summed E-state index contributed by atoms with van der Waals surface area (Å²) >= 11 is 0. The van der Waals surface area contributed by atoms with Crippen LogP contribution in [0, 0.1) is 11.3 Å². The summed E-state index contributed by atoms with van der Waals surface area (Å²) in [5.74, 6) is 1.12. The van der Waals surface area contributed by atoms with Gasteiger partial charge in [-0.3, -0.25) is 4.98 Å². The molecule has 0 atom stereocenters. The Hall–Kier alpha value is -3.28. The van der Waals surface area contributed by atoms with Crippen LogP contribution in [-0.4, -0.2) is 59.3 Å². The van der Waals surface area contributed by atoms with Crippen LogP contribution < -0.4 is 10.2 Å². The van der Waals surface area contributed by atoms with Crippen molar-refractivity contribution in [3.63, 3.8) is 0 Å². The lowest BCUT2D eigenvalue weighted by atomic mass is 9.93. The number of nitrogens with one attached hydrogen (secondary N) is 2. The minimum absolute atomic E-state index is 0.395. The van der Waals surface area contributed by atoms with Crippen molar-refractivity contribution in [1.29, 1.82) is 5.26 Å². The molecule has 0 radical (unpaired) electrons. The monoisotopic (exact) mass is 415 g/mol. The third kappa shape index (κ3) is 4.15. The lowest BCUT2D eigenvalue weighted by Crippen LogP contribution is -2.37. The van der Waals surface area contributed by atoms with E-state index < -0.39 is 0 Å². The van der Waals surface area contributed by atoms with Gasteiger partial charge in [-0.25, -0.2) is 9.97 Å². The van der Waals surface area contributed by atoms with Gasteiger partial charge in [0.05, 0.1) is 24.5 Å². The van der Waals surface area contributed by atoms with E-state index in [9.17, 15) is 5.26 Å². The standard InChI is InChI=1S/C23H25N7O/c24-13-18-12-21(29-22(18)16-1-4-25-5-2-16)17-3-6-26-20(11-17)19-14-27-23(28-15-19)30-7-9-31-10-8-30/h3,6,11-12,14-16,25,29H,1-2,4-5,7-10H2. The van der Waals surface area contributed by atoms with Gasteiger partial charge in [-0.1, -0.05) is 0 Å². The van der Waals surface area contributed by atoms with E-state index in [1.54, 1.807) is 6.20 Å². The number of hydrogen-bond acceptors (Lipinski definition) is 7. The molecule has 2 aliphatic rings. The number of ether oxygens (including phenoxy) is 1. The molecule has 31 heavy (non-hydrogen) atoms. The molecule has 5 rings (SSSR count). The molecule has 2 fully saturated rings. The third-order valence-electron chi connectivity index (χ3n) is 6.01. The summed E-state index contributed by atoms with van der Waals surface area (Å²) in [4.78, 5) is 19.2. The molecule has 5 heterocycles. The summed E-state index contributed by atoms with van der Waals surface area (Å²) in [6.45, 7) is 5.00. The predicted molar refractivity (Wildman–Crippen MR) is 118 cm³/mol. The van der Waals surface area contributed by atoms with Crippen molar-refractivity contribution in [2.75, 3.05) is 44.3 Å². The van der Waals surface area contributed by atoms with Gasteiger partial charge in [-0.2, -0.15) is 5.26 Å². The fourth-order valence-corrected chi connectivity index (χ4v) is 4.29. The van der Waals surface area contributed by atoms with Crippen LogP contribution in [0.25, 0.3) is 22.5 Å². The third-order valence-corrected chi connectivity index (χ3v) is 6.01. The van der Waals surface area contributed by atoms with Crippen LogP contribution in [0.3, 0.4) is 0 Å². The van der Waals surface area contributed by atoms with Gasteiger partial charge in [0.1, 0.15) is 6.07 Å². The topological polar surface area (TPSA) is 103 Å². The molecule has 3 aromatic heterocycles. The molecular formula is C23H25N7O. The number of rotatable bonds is 4. The second-order valence-corrected chi connectivity index (χ2v) is 7.95. The van der Waals surface area contributed by atoms with Crippen LogP contribution in [-0.2, 0) is 4.74 Å². The number of anilines is 1. The second kappa shape index (κ2) is 8.84. The van der Waals surface area contributed by atoms with Gasteiger partial charge in [0.15, 0.2) is 0 Å². The highest BCUT2D eigenvalue weighted by molar-refractivity contribution is 5.69. The Morgan fingerprint density at radius 2 is 1.81 bits per heavy atom. The van der Waals surface area contributed by atoms with Crippen molar-refractivity contribution in [3.05, 3.63) is 48.0 Å². The minimum Gasteiger partial charge on any atom is -0.378 e. The van der Waals surface area contributed by atoms with Crippen LogP contribution in [0.5, 0.6) is 0 Å². The molecule has 0 spiro atoms. The smallest absolute Gasteiger partial charge is 0.225 e. The molecule has 0 bridgehead atoms. The highest BCUT2D eigenvalue weighted by atomic mass is 16.5. The fraction of sp³-hybridized carbons (Fsp3) is 0.391. The lowest BCUT2D eigenvalue weighted by molar-refractivity contribution is 0.122. The Labute approximate surface area is 181 Å². The quantitative estimate of drug-likeness (QED) is 0.675. The Kier molecular flexibility index (Phi) is 5.61. The highest BCUT2D eigenvalue weighted by Crippen LogP contribution is 2.32. The van der Waals surface area contributed by atoms with Crippen molar-refractivity contribution in [1.82, 2.24) is 25.3 Å². The van der Waals surface area contributed by atoms with E-state index in [0.29, 0.717) is 19.1 Å². The van der Waals surface area contributed by atoms with E-state index in [-0.39, 0.29) is 0 Å². The first-order chi connectivity index (χ1) is 15.3. The molecule has 0 aromatic carbocycles. The summed E-state index contributed by atoms with van der Waals surface area (Å²) in [5, 5.41) is 13.0. The van der Waals surface area contributed by atoms with E-state index in [2.05, 4.69) is 36.2 Å². The number of aromatic amines is 1. The first-order valence-corrected chi connectivity index (χ1v) is 10.8. The molecule has 3 aromatic rings. The number of pyridine rings is 1. The molecule has 8 heteroatoms. The lowest BCUT2D eigenvalue weighted by Gasteiger charge is -2.26. The molecule has 0 saturated carbocycles. The van der Waals surface area contributed by atoms with E-state index in [1.807, 2.05) is 30.6 Å². The van der Waals surface area contributed by atoms with Crippen LogP contribution in [0.4, 0.5) is 5.95 Å². The normalized spacial score (nSPS) is 17.5. The summed E-state index contributed by atoms with van der Waals surface area (Å²) in [5.41, 5.74) is 5.40. The van der Waals surface area contributed by atoms with Crippen molar-refractivity contribution < 1.29 is 4.74 Å². The minimum atomic E-state index is 0.395. The maximum atomic E-state index is 9.65. The van der Waals surface area contributed by atoms with Gasteiger partial charge >= 0.3 is 0 Å². The van der Waals surface area contributed by atoms with Gasteiger partial charge in [0.25, 0.3) is 0 Å². The largest absolute Gasteiger partial charge is 0.378 e. The van der Waals surface area contributed by atoms with Gasteiger partial charge < -0.3 is 19.9 Å². The Balaban J connectivity index is 1.40. The zero-order valence-corrected chi connectivity index (χ0v) is 17.3. The number of aromatic nitrogens is 4. The molecule has 0 amide bonds. The number of hydrogen-bond donors (Lipinski definition) is 2. The van der Waals surface area contributed by atoms with Crippen LogP contribution in [0.2, 0.25) is 0 Å². The molecule has 158 valence electrons. The highest BCUT2D eigenvalue weighted by Gasteiger charge is 2.21. The summed E-state index contributed by atoms with van der Waals surface area (Å²) in [6, 6.07) is 8.30. The van der Waals surface area contributed by atoms with E-state index >= 15 is 0 Å². The molecular weight excluding hydrogens is 390 g/mol. The van der Waals surface area contributed by atoms with Gasteiger partial charge in [0.2, 0.25) is 5.95 Å². The van der Waals surface area contributed by atoms with Crippen LogP contribution in [0.15, 0.2) is 36.8 Å². The summed E-state index contributed by atoms with van der Waals surface area (Å²) in [7, 11) is 0. The zero-order valence-electron chi connectivity index (χ0n) is 17.3. The van der Waals surface area contributed by atoms with E-state index in [4.69, 9.17) is 4.74 Å². The van der Waals surface area contributed by atoms with Crippen LogP contribution >= 0.6 is 0 Å². The predicted octanol–water partition coefficient (Wildman–Crippen LogP) is 2.71. The number of morpholine rings is 1. The maximum Gasteiger partial charge on any atom is 0.225 e. The molecule has 2 aliphatic heterocycles. The average molecular weight is 416 g/mol. The van der Waals surface area contributed by atoms with E-state index in [0.717, 1.165) is 78.7 Å². The average Bonchev–Trinajstić information content (AvgIpc) is 3.30. The first kappa shape index (κ1) is 19.7. The number of H-pyrrole nitrogens is 1. The Morgan fingerprint density at radius 3 is 2.55 bits per heavy atom. The van der Waals surface area contributed by atoms with Gasteiger partial charge in [0, 0.05) is 60.1 Å². The van der Waals surface area contributed by atoms with Gasteiger partial charge in [-0.05, 0) is 44.1 Å². The van der Waals surface area contributed by atoms with E-state index in [1.165, 1.54) is 0 Å².